The van der Waals surface area contributed by atoms with E-state index in [-0.39, 0.29) is 13.2 Å². The maximum Gasteiger partial charge on any atom is 0.321 e. The van der Waals surface area contributed by atoms with Gasteiger partial charge in [-0.1, -0.05) is 46.3 Å². The van der Waals surface area contributed by atoms with Crippen molar-refractivity contribution in [2.45, 2.75) is 18.4 Å². The van der Waals surface area contributed by atoms with Gasteiger partial charge < -0.3 is 4.74 Å². The number of hydrogen-bond donors (Lipinski definition) is 0. The van der Waals surface area contributed by atoms with Crippen LogP contribution in [-0.4, -0.2) is 31.8 Å². The van der Waals surface area contributed by atoms with Crippen molar-refractivity contribution in [1.82, 2.24) is 4.31 Å². The molecule has 0 bridgehead atoms. The molecule has 0 heterocycles. The van der Waals surface area contributed by atoms with E-state index >= 15 is 0 Å². The van der Waals surface area contributed by atoms with E-state index in [4.69, 9.17) is 4.74 Å². The SMILES string of the molecule is CCOC(=O)CN(Cc1ccccc1)S(=O)(=O)c1ccc(Br)cc1F. The summed E-state index contributed by atoms with van der Waals surface area (Å²) in [5, 5.41) is 0. The van der Waals surface area contributed by atoms with Crippen molar-refractivity contribution in [3.8, 4) is 0 Å². The molecule has 0 aliphatic rings. The number of carbonyl (C=O) groups excluding carboxylic acids is 1. The van der Waals surface area contributed by atoms with Crippen molar-refractivity contribution in [3.63, 3.8) is 0 Å². The van der Waals surface area contributed by atoms with Crippen LogP contribution in [0.2, 0.25) is 0 Å². The first-order valence-corrected chi connectivity index (χ1v) is 9.72. The van der Waals surface area contributed by atoms with Gasteiger partial charge in [0.15, 0.2) is 0 Å². The lowest BCUT2D eigenvalue weighted by molar-refractivity contribution is -0.143. The Labute approximate surface area is 154 Å². The summed E-state index contributed by atoms with van der Waals surface area (Å²) in [7, 11) is -4.22. The largest absolute Gasteiger partial charge is 0.465 e. The minimum atomic E-state index is -4.22. The van der Waals surface area contributed by atoms with Crippen molar-refractivity contribution in [3.05, 3.63) is 64.4 Å². The number of hydrogen-bond acceptors (Lipinski definition) is 4. The predicted octanol–water partition coefficient (Wildman–Crippen LogP) is 3.34. The summed E-state index contributed by atoms with van der Waals surface area (Å²) in [5.74, 6) is -1.59. The Morgan fingerprint density at radius 1 is 1.20 bits per heavy atom. The van der Waals surface area contributed by atoms with Gasteiger partial charge >= 0.3 is 5.97 Å². The average Bonchev–Trinajstić information content (AvgIpc) is 2.55. The van der Waals surface area contributed by atoms with Crippen molar-refractivity contribution < 1.29 is 22.3 Å². The number of halogens is 2. The van der Waals surface area contributed by atoms with Crippen LogP contribution in [0.25, 0.3) is 0 Å². The summed E-state index contributed by atoms with van der Waals surface area (Å²) in [6.45, 7) is 1.19. The van der Waals surface area contributed by atoms with Crippen LogP contribution in [0.15, 0.2) is 57.9 Å². The highest BCUT2D eigenvalue weighted by Gasteiger charge is 2.30. The Kier molecular flexibility index (Phi) is 6.69. The lowest BCUT2D eigenvalue weighted by Gasteiger charge is -2.21. The summed E-state index contributed by atoms with van der Waals surface area (Å²) >= 11 is 3.09. The van der Waals surface area contributed by atoms with E-state index < -0.39 is 33.3 Å². The summed E-state index contributed by atoms with van der Waals surface area (Å²) in [6, 6.07) is 12.4. The second-order valence-corrected chi connectivity index (χ2v) is 7.96. The zero-order valence-electron chi connectivity index (χ0n) is 13.5. The van der Waals surface area contributed by atoms with E-state index in [1.54, 1.807) is 37.3 Å². The Bertz CT molecular complexity index is 843. The fourth-order valence-electron chi connectivity index (χ4n) is 2.19. The molecule has 0 aliphatic heterocycles. The molecule has 0 aliphatic carbocycles. The van der Waals surface area contributed by atoms with Gasteiger partial charge in [-0.2, -0.15) is 4.31 Å². The molecule has 0 atom stereocenters. The van der Waals surface area contributed by atoms with Gasteiger partial charge in [-0.3, -0.25) is 4.79 Å². The molecule has 0 saturated carbocycles. The molecule has 134 valence electrons. The van der Waals surface area contributed by atoms with E-state index in [2.05, 4.69) is 15.9 Å². The Balaban J connectivity index is 2.39. The minimum absolute atomic E-state index is 0.0719. The lowest BCUT2D eigenvalue weighted by atomic mass is 10.2. The molecule has 0 amide bonds. The van der Waals surface area contributed by atoms with Gasteiger partial charge in [-0.05, 0) is 30.7 Å². The highest BCUT2D eigenvalue weighted by molar-refractivity contribution is 9.10. The van der Waals surface area contributed by atoms with Gasteiger partial charge in [0, 0.05) is 11.0 Å². The van der Waals surface area contributed by atoms with Crippen molar-refractivity contribution in [1.29, 1.82) is 0 Å². The van der Waals surface area contributed by atoms with Crippen LogP contribution < -0.4 is 0 Å². The van der Waals surface area contributed by atoms with Gasteiger partial charge in [0.2, 0.25) is 10.0 Å². The zero-order valence-corrected chi connectivity index (χ0v) is 15.9. The van der Waals surface area contributed by atoms with Crippen LogP contribution in [-0.2, 0) is 26.1 Å². The van der Waals surface area contributed by atoms with E-state index in [9.17, 15) is 17.6 Å². The third-order valence-electron chi connectivity index (χ3n) is 3.32. The zero-order chi connectivity index (χ0) is 18.4. The summed E-state index contributed by atoms with van der Waals surface area (Å²) in [6.07, 6.45) is 0. The molecule has 0 N–H and O–H groups in total. The molecule has 2 aromatic carbocycles. The number of sulfonamides is 1. The lowest BCUT2D eigenvalue weighted by Crippen LogP contribution is -2.36. The van der Waals surface area contributed by atoms with Crippen molar-refractivity contribution in [2.24, 2.45) is 0 Å². The number of carbonyl (C=O) groups is 1. The standard InChI is InChI=1S/C17H17BrFNO4S/c1-2-24-17(21)12-20(11-13-6-4-3-5-7-13)25(22,23)16-9-8-14(18)10-15(16)19/h3-10H,2,11-12H2,1H3. The summed E-state index contributed by atoms with van der Waals surface area (Å²) in [4.78, 5) is 11.3. The average molecular weight is 430 g/mol. The van der Waals surface area contributed by atoms with Gasteiger partial charge in [-0.25, -0.2) is 12.8 Å². The molecule has 0 fully saturated rings. The highest BCUT2D eigenvalue weighted by Crippen LogP contribution is 2.24. The first-order chi connectivity index (χ1) is 11.8. The molecule has 0 saturated heterocycles. The number of esters is 1. The van der Waals surface area contributed by atoms with Crippen LogP contribution in [0.1, 0.15) is 12.5 Å². The van der Waals surface area contributed by atoms with Gasteiger partial charge in [0.25, 0.3) is 0 Å². The molecule has 8 heteroatoms. The number of nitrogens with zero attached hydrogens (tertiary/aromatic N) is 1. The Morgan fingerprint density at radius 3 is 2.48 bits per heavy atom. The molecule has 0 unspecified atom stereocenters. The Hall–Kier alpha value is -1.77. The van der Waals surface area contributed by atoms with Gasteiger partial charge in [0.1, 0.15) is 17.3 Å². The van der Waals surface area contributed by atoms with Crippen LogP contribution >= 0.6 is 15.9 Å². The number of benzene rings is 2. The van der Waals surface area contributed by atoms with E-state index in [0.717, 1.165) is 16.4 Å². The quantitative estimate of drug-likeness (QED) is 0.633. The fourth-order valence-corrected chi connectivity index (χ4v) is 3.94. The molecule has 2 rings (SSSR count). The van der Waals surface area contributed by atoms with Crippen LogP contribution in [0.3, 0.4) is 0 Å². The molecule has 0 radical (unpaired) electrons. The first-order valence-electron chi connectivity index (χ1n) is 7.49. The molecular weight excluding hydrogens is 413 g/mol. The highest BCUT2D eigenvalue weighted by atomic mass is 79.9. The third kappa shape index (κ3) is 5.10. The first kappa shape index (κ1) is 19.6. The predicted molar refractivity (Wildman–Crippen MR) is 94.8 cm³/mol. The van der Waals surface area contributed by atoms with E-state index in [1.807, 2.05) is 0 Å². The monoisotopic (exact) mass is 429 g/mol. The number of ether oxygens (including phenoxy) is 1. The number of rotatable bonds is 7. The molecule has 0 spiro atoms. The second kappa shape index (κ2) is 8.55. The summed E-state index contributed by atoms with van der Waals surface area (Å²) in [5.41, 5.74) is 0.674. The molecule has 2 aromatic rings. The van der Waals surface area contributed by atoms with Crippen LogP contribution in [0.5, 0.6) is 0 Å². The van der Waals surface area contributed by atoms with Crippen LogP contribution in [0, 0.1) is 5.82 Å². The molecule has 0 aromatic heterocycles. The smallest absolute Gasteiger partial charge is 0.321 e. The van der Waals surface area contributed by atoms with E-state index in [1.165, 1.54) is 6.07 Å². The van der Waals surface area contributed by atoms with E-state index in [0.29, 0.717) is 10.0 Å². The normalized spacial score (nSPS) is 11.5. The van der Waals surface area contributed by atoms with Gasteiger partial charge in [0.05, 0.1) is 6.61 Å². The topological polar surface area (TPSA) is 63.7 Å². The third-order valence-corrected chi connectivity index (χ3v) is 5.64. The maximum absolute atomic E-state index is 14.2. The molecular formula is C17H17BrFNO4S. The van der Waals surface area contributed by atoms with Crippen LogP contribution in [0.4, 0.5) is 4.39 Å². The summed E-state index contributed by atoms with van der Waals surface area (Å²) < 4.78 is 46.1. The molecule has 25 heavy (non-hydrogen) atoms. The van der Waals surface area contributed by atoms with Crippen molar-refractivity contribution >= 4 is 31.9 Å². The molecule has 5 nitrogen and oxygen atoms in total. The second-order valence-electron chi connectivity index (χ2n) is 5.14. The Morgan fingerprint density at radius 2 is 1.88 bits per heavy atom. The maximum atomic E-state index is 14.2. The van der Waals surface area contributed by atoms with Gasteiger partial charge in [-0.15, -0.1) is 0 Å². The minimum Gasteiger partial charge on any atom is -0.465 e. The fraction of sp³-hybridized carbons (Fsp3) is 0.235. The van der Waals surface area contributed by atoms with Crippen molar-refractivity contribution in [2.75, 3.05) is 13.2 Å².